The van der Waals surface area contributed by atoms with Crippen LogP contribution in [-0.2, 0) is 23.1 Å². The van der Waals surface area contributed by atoms with Gasteiger partial charge in [-0.1, -0.05) is 37.8 Å². The number of hydrogen-bond donors (Lipinski definition) is 2. The molecule has 1 radical (unpaired) electrons. The summed E-state index contributed by atoms with van der Waals surface area (Å²) in [4.78, 5) is 2.95. The standard InChI is InChI=1S/C17H30BN4O6S/c1-6-11-15(28-29-18)7(2)12(21-22-20)16(26-11)27-14-8(3)13(23)17(24-9(14)4)25-10(5)19/h7-9,11-19,23H,6H2,1-5H3/t7-,8+,9?,11?,12?,13?,14-,15-,16+,17+/m1/s1/i18T. The Morgan fingerprint density at radius 3 is 2.62 bits per heavy atom. The van der Waals surface area contributed by atoms with E-state index in [1.165, 1.54) is 6.92 Å². The first-order valence-electron chi connectivity index (χ1n) is 10.2. The van der Waals surface area contributed by atoms with Crippen LogP contribution in [0.3, 0.4) is 0 Å². The Labute approximate surface area is 177 Å². The molecule has 0 spiro atoms. The van der Waals surface area contributed by atoms with Crippen LogP contribution in [0.15, 0.2) is 5.11 Å². The molecule has 0 aromatic rings. The summed E-state index contributed by atoms with van der Waals surface area (Å²) in [5, 5.41) is 21.9. The van der Waals surface area contributed by atoms with Crippen LogP contribution in [0.1, 0.15) is 41.0 Å². The minimum Gasteiger partial charge on any atom is -0.450 e. The van der Waals surface area contributed by atoms with Crippen LogP contribution in [0.25, 0.3) is 10.4 Å². The molecule has 0 aromatic heterocycles. The summed E-state index contributed by atoms with van der Waals surface area (Å²) in [7, 11) is 1.09. The van der Waals surface area contributed by atoms with Crippen molar-refractivity contribution in [3.05, 3.63) is 10.4 Å². The van der Waals surface area contributed by atoms with Gasteiger partial charge in [0.1, 0.15) is 12.2 Å². The summed E-state index contributed by atoms with van der Waals surface area (Å²) in [6.45, 7) is 8.92. The molecule has 163 valence electrons. The van der Waals surface area contributed by atoms with Gasteiger partial charge in [0.15, 0.2) is 12.2 Å². The molecule has 2 rings (SSSR count). The van der Waals surface area contributed by atoms with Crippen LogP contribution in [0.4, 0.5) is 0 Å². The molecule has 29 heavy (non-hydrogen) atoms. The molecule has 2 aliphatic rings. The van der Waals surface area contributed by atoms with Crippen molar-refractivity contribution in [3.63, 3.8) is 0 Å². The Kier molecular flexibility index (Phi) is 8.49. The molecule has 2 heterocycles. The minimum atomic E-state index is -1.01. The first kappa shape index (κ1) is 22.7. The van der Waals surface area contributed by atoms with E-state index in [0.29, 0.717) is 6.42 Å². The van der Waals surface area contributed by atoms with Gasteiger partial charge in [-0.2, -0.15) is 0 Å². The highest BCUT2D eigenvalue weighted by Crippen LogP contribution is 2.37. The second-order valence-electron chi connectivity index (χ2n) is 7.50. The van der Waals surface area contributed by atoms with Gasteiger partial charge in [0, 0.05) is 17.8 Å². The molecule has 2 fully saturated rings. The maximum absolute atomic E-state index is 10.6. The molecule has 2 aliphatic heterocycles. The Bertz CT molecular complexity index is 633. The van der Waals surface area contributed by atoms with E-state index in [2.05, 4.69) is 10.0 Å². The first-order chi connectivity index (χ1) is 14.2. The Morgan fingerprint density at radius 2 is 2.03 bits per heavy atom. The molecule has 0 bridgehead atoms. The summed E-state index contributed by atoms with van der Waals surface area (Å²) in [6.07, 6.45) is -3.88. The summed E-state index contributed by atoms with van der Waals surface area (Å²) in [6, 6.07) is -0.663. The molecule has 0 aromatic carbocycles. The molecule has 0 saturated carbocycles. The van der Waals surface area contributed by atoms with Crippen molar-refractivity contribution < 1.29 is 28.2 Å². The fourth-order valence-electron chi connectivity index (χ4n) is 3.89. The van der Waals surface area contributed by atoms with E-state index < -0.39 is 36.9 Å². The van der Waals surface area contributed by atoms with Crippen molar-refractivity contribution in [2.24, 2.45) is 17.0 Å². The predicted octanol–water partition coefficient (Wildman–Crippen LogP) is 2.43. The zero-order chi connectivity index (χ0) is 22.4. The molecule has 10 nitrogen and oxygen atoms in total. The van der Waals surface area contributed by atoms with E-state index in [4.69, 9.17) is 35.4 Å². The second kappa shape index (κ2) is 10.9. The van der Waals surface area contributed by atoms with Gasteiger partial charge in [0.2, 0.25) is 13.4 Å². The van der Waals surface area contributed by atoms with Crippen molar-refractivity contribution in [1.29, 1.82) is 6.74 Å². The molecular formula is C17H30BN4O6S. The third-order valence-corrected chi connectivity index (χ3v) is 5.83. The number of ether oxygens (including phenoxy) is 4. The summed E-state index contributed by atoms with van der Waals surface area (Å²) < 4.78 is 36.2. The van der Waals surface area contributed by atoms with E-state index in [1.807, 2.05) is 20.8 Å². The average Bonchev–Trinajstić information content (AvgIpc) is 2.70. The SMILES string of the molecule is [3H][B]SO[C@H]1C(CC)O[C@@H](O[C@H]2C(C)O[C@@H](OC(C)=N)C(O)[C@@H]2C)C(N=[N+]=[N-])[C@H]1C. The van der Waals surface area contributed by atoms with E-state index in [9.17, 15) is 5.11 Å². The van der Waals surface area contributed by atoms with Gasteiger partial charge in [-0.3, -0.25) is 5.41 Å². The van der Waals surface area contributed by atoms with Crippen molar-refractivity contribution in [2.45, 2.75) is 90.2 Å². The second-order valence-corrected chi connectivity index (χ2v) is 7.88. The number of rotatable bonds is 8. The highest BCUT2D eigenvalue weighted by molar-refractivity contribution is 8.15. The monoisotopic (exact) mass is 431 g/mol. The fraction of sp³-hybridized carbons (Fsp3) is 0.941. The summed E-state index contributed by atoms with van der Waals surface area (Å²) in [5.41, 5.74) is 9.07. The predicted molar refractivity (Wildman–Crippen MR) is 110 cm³/mol. The quantitative estimate of drug-likeness (QED) is 0.114. The fourth-order valence-corrected chi connectivity index (χ4v) is 4.31. The van der Waals surface area contributed by atoms with Crippen molar-refractivity contribution in [2.75, 3.05) is 0 Å². The number of aliphatic hydroxyl groups is 1. The number of aliphatic hydroxyl groups excluding tert-OH is 1. The molecule has 2 N–H and O–H groups in total. The number of azide groups is 1. The highest BCUT2D eigenvalue weighted by Gasteiger charge is 2.49. The smallest absolute Gasteiger partial charge is 0.228 e. The lowest BCUT2D eigenvalue weighted by Gasteiger charge is -2.47. The van der Waals surface area contributed by atoms with Gasteiger partial charge in [0.05, 0.1) is 24.4 Å². The lowest BCUT2D eigenvalue weighted by atomic mass is 9.87. The molecular weight excluding hydrogens is 399 g/mol. The van der Waals surface area contributed by atoms with Crippen molar-refractivity contribution >= 4 is 24.9 Å². The normalized spacial score (nSPS) is 43.0. The number of hydrogen-bond acceptors (Lipinski definition) is 9. The van der Waals surface area contributed by atoms with Gasteiger partial charge in [-0.15, -0.1) is 0 Å². The molecule has 2 saturated heterocycles. The minimum absolute atomic E-state index is 0.0506. The number of nitrogens with one attached hydrogen (secondary N) is 1. The van der Waals surface area contributed by atoms with E-state index in [0.717, 1.165) is 19.0 Å². The topological polar surface area (TPSA) is 139 Å². The first-order valence-corrected chi connectivity index (χ1v) is 10.5. The van der Waals surface area contributed by atoms with Crippen molar-refractivity contribution in [3.8, 4) is 0 Å². The number of nitrogens with zero attached hydrogens (tertiary/aromatic N) is 3. The highest BCUT2D eigenvalue weighted by atomic mass is 32.2. The Morgan fingerprint density at radius 1 is 1.31 bits per heavy atom. The molecule has 12 heteroatoms. The van der Waals surface area contributed by atoms with Crippen LogP contribution in [-0.4, -0.2) is 68.6 Å². The van der Waals surface area contributed by atoms with Crippen LogP contribution < -0.4 is 0 Å². The van der Waals surface area contributed by atoms with Crippen LogP contribution >= 0.6 is 11.9 Å². The maximum Gasteiger partial charge on any atom is 0.228 e. The third kappa shape index (κ3) is 5.58. The van der Waals surface area contributed by atoms with E-state index in [1.54, 1.807) is 6.92 Å². The largest absolute Gasteiger partial charge is 0.450 e. The van der Waals surface area contributed by atoms with Gasteiger partial charge in [-0.25, -0.2) is 0 Å². The lowest BCUT2D eigenvalue weighted by molar-refractivity contribution is -0.315. The van der Waals surface area contributed by atoms with Gasteiger partial charge in [-0.05, 0) is 26.1 Å². The summed E-state index contributed by atoms with van der Waals surface area (Å²) >= 11 is 0.902. The average molecular weight is 431 g/mol. The summed E-state index contributed by atoms with van der Waals surface area (Å²) in [5.74, 6) is -0.662. The van der Waals surface area contributed by atoms with Gasteiger partial charge < -0.3 is 28.2 Å². The zero-order valence-electron chi connectivity index (χ0n) is 18.3. The van der Waals surface area contributed by atoms with Crippen LogP contribution in [0.5, 0.6) is 0 Å². The third-order valence-electron chi connectivity index (χ3n) is 5.50. The molecule has 4 unspecified atom stereocenters. The van der Waals surface area contributed by atoms with Crippen LogP contribution in [0.2, 0.25) is 0 Å². The maximum atomic E-state index is 10.6. The molecule has 0 aliphatic carbocycles. The van der Waals surface area contributed by atoms with Crippen LogP contribution in [0, 0.1) is 17.2 Å². The van der Waals surface area contributed by atoms with E-state index in [-0.39, 0.29) is 29.9 Å². The zero-order valence-corrected chi connectivity index (χ0v) is 18.1. The lowest BCUT2D eigenvalue weighted by Crippen LogP contribution is -2.59. The van der Waals surface area contributed by atoms with Gasteiger partial charge in [0.25, 0.3) is 0 Å². The Hall–Kier alpha value is -1.01. The van der Waals surface area contributed by atoms with Crippen molar-refractivity contribution in [1.82, 2.24) is 0 Å². The van der Waals surface area contributed by atoms with E-state index >= 15 is 0 Å². The molecule has 0 amide bonds. The van der Waals surface area contributed by atoms with Gasteiger partial charge >= 0.3 is 0 Å². The molecule has 10 atom stereocenters. The Balaban J connectivity index is 2.18.